The summed E-state index contributed by atoms with van der Waals surface area (Å²) in [5.41, 5.74) is 0. The van der Waals surface area contributed by atoms with Crippen LogP contribution in [-0.2, 0) is 0 Å². The third kappa shape index (κ3) is 12.7. The second-order valence-electron chi connectivity index (χ2n) is 6.23. The molecule has 0 aliphatic carbocycles. The van der Waals surface area contributed by atoms with Gasteiger partial charge >= 0.3 is 0 Å². The highest BCUT2D eigenvalue weighted by Gasteiger charge is 2.12. The molecule has 0 aromatic carbocycles. The number of rotatable bonds is 14. The Hall–Kier alpha value is -0.0700. The molecule has 0 saturated carbocycles. The lowest BCUT2D eigenvalue weighted by molar-refractivity contribution is 0.221. The maximum atomic E-state index is 13.3. The zero-order valence-corrected chi connectivity index (χ0v) is 13.7. The molecule has 0 fully saturated rings. The highest BCUT2D eigenvalue weighted by molar-refractivity contribution is 4.63. The normalized spacial score (nSPS) is 14.5. The van der Waals surface area contributed by atoms with Gasteiger partial charge in [0.1, 0.15) is 6.17 Å². The van der Waals surface area contributed by atoms with E-state index in [0.29, 0.717) is 6.42 Å². The fraction of sp³-hybridized carbons (Fsp3) is 1.00. The van der Waals surface area contributed by atoms with Crippen molar-refractivity contribution in [1.82, 2.24) is 0 Å². The Bertz CT molecular complexity index is 167. The van der Waals surface area contributed by atoms with Gasteiger partial charge in [0.15, 0.2) is 0 Å². The van der Waals surface area contributed by atoms with Crippen molar-refractivity contribution >= 4 is 0 Å². The van der Waals surface area contributed by atoms with Gasteiger partial charge in [0.25, 0.3) is 0 Å². The van der Waals surface area contributed by atoms with Crippen molar-refractivity contribution in [1.29, 1.82) is 0 Å². The van der Waals surface area contributed by atoms with Gasteiger partial charge in [-0.05, 0) is 18.8 Å². The predicted octanol–water partition coefficient (Wildman–Crippen LogP) is 7.07. The lowest BCUT2D eigenvalue weighted by Gasteiger charge is -2.14. The van der Waals surface area contributed by atoms with Gasteiger partial charge in [-0.15, -0.1) is 0 Å². The summed E-state index contributed by atoms with van der Waals surface area (Å²) in [6.07, 6.45) is 16.3. The van der Waals surface area contributed by atoms with E-state index in [1.807, 2.05) is 6.92 Å². The van der Waals surface area contributed by atoms with Gasteiger partial charge in [-0.3, -0.25) is 0 Å². The highest BCUT2D eigenvalue weighted by Crippen LogP contribution is 2.19. The second kappa shape index (κ2) is 14.3. The van der Waals surface area contributed by atoms with Crippen LogP contribution in [0.5, 0.6) is 0 Å². The Morgan fingerprint density at radius 1 is 0.684 bits per heavy atom. The van der Waals surface area contributed by atoms with E-state index in [-0.39, 0.29) is 5.92 Å². The van der Waals surface area contributed by atoms with Gasteiger partial charge in [-0.25, -0.2) is 4.39 Å². The van der Waals surface area contributed by atoms with Crippen LogP contribution in [0, 0.1) is 5.92 Å². The summed E-state index contributed by atoms with van der Waals surface area (Å²) >= 11 is 0. The van der Waals surface area contributed by atoms with Gasteiger partial charge in [0.2, 0.25) is 0 Å². The van der Waals surface area contributed by atoms with E-state index in [1.54, 1.807) is 0 Å². The van der Waals surface area contributed by atoms with Crippen LogP contribution >= 0.6 is 0 Å². The van der Waals surface area contributed by atoms with Crippen molar-refractivity contribution in [3.8, 4) is 0 Å². The topological polar surface area (TPSA) is 0 Å². The lowest BCUT2D eigenvalue weighted by atomic mass is 9.96. The van der Waals surface area contributed by atoms with Gasteiger partial charge in [-0.2, -0.15) is 0 Å². The third-order valence-electron chi connectivity index (χ3n) is 4.27. The van der Waals surface area contributed by atoms with Crippen molar-refractivity contribution in [2.45, 2.75) is 110 Å². The van der Waals surface area contributed by atoms with E-state index in [9.17, 15) is 4.39 Å². The first-order chi connectivity index (χ1) is 9.22. The molecule has 2 atom stereocenters. The van der Waals surface area contributed by atoms with Crippen LogP contribution in [0.25, 0.3) is 0 Å². The first kappa shape index (κ1) is 18.9. The maximum Gasteiger partial charge on any atom is 0.102 e. The zero-order valence-electron chi connectivity index (χ0n) is 13.7. The molecule has 0 spiro atoms. The molecule has 0 aromatic heterocycles. The summed E-state index contributed by atoms with van der Waals surface area (Å²) in [5.74, 6) is 0.267. The molecule has 0 radical (unpaired) electrons. The van der Waals surface area contributed by atoms with Crippen LogP contribution in [0.1, 0.15) is 104 Å². The highest BCUT2D eigenvalue weighted by atomic mass is 19.1. The van der Waals surface area contributed by atoms with E-state index in [4.69, 9.17) is 0 Å². The van der Waals surface area contributed by atoms with Crippen molar-refractivity contribution in [2.75, 3.05) is 0 Å². The van der Waals surface area contributed by atoms with E-state index in [0.717, 1.165) is 6.42 Å². The molecule has 0 amide bonds. The average molecular weight is 272 g/mol. The summed E-state index contributed by atoms with van der Waals surface area (Å²) in [7, 11) is 0. The summed E-state index contributed by atoms with van der Waals surface area (Å²) in [6, 6.07) is 0. The standard InChI is InChI=1S/C18H37F/c1-4-6-7-8-9-10-11-12-13-14-15-16-17(3)18(19)5-2/h17-18H,4-16H2,1-3H3. The number of unbranched alkanes of at least 4 members (excludes halogenated alkanes) is 10. The minimum absolute atomic E-state index is 0.267. The number of halogens is 1. The van der Waals surface area contributed by atoms with Crippen molar-refractivity contribution < 1.29 is 4.39 Å². The number of hydrogen-bond donors (Lipinski definition) is 0. The molecule has 0 nitrogen and oxygen atoms in total. The Kier molecular flexibility index (Phi) is 14.3. The summed E-state index contributed by atoms with van der Waals surface area (Å²) < 4.78 is 13.3. The third-order valence-corrected chi connectivity index (χ3v) is 4.27. The molecule has 0 rings (SSSR count). The Labute approximate surface area is 121 Å². The van der Waals surface area contributed by atoms with E-state index in [1.165, 1.54) is 70.6 Å². The Morgan fingerprint density at radius 3 is 1.53 bits per heavy atom. The first-order valence-electron chi connectivity index (χ1n) is 8.86. The van der Waals surface area contributed by atoms with Crippen LogP contribution in [0.2, 0.25) is 0 Å². The zero-order chi connectivity index (χ0) is 14.3. The molecule has 0 aromatic rings. The summed E-state index contributed by atoms with van der Waals surface area (Å²) in [5, 5.41) is 0. The summed E-state index contributed by atoms with van der Waals surface area (Å²) in [6.45, 7) is 6.28. The Morgan fingerprint density at radius 2 is 1.11 bits per heavy atom. The molecule has 2 unspecified atom stereocenters. The van der Waals surface area contributed by atoms with Crippen LogP contribution in [0.3, 0.4) is 0 Å². The smallest absolute Gasteiger partial charge is 0.102 e. The van der Waals surface area contributed by atoms with Crippen LogP contribution < -0.4 is 0 Å². The largest absolute Gasteiger partial charge is 0.247 e. The predicted molar refractivity (Wildman–Crippen MR) is 85.4 cm³/mol. The number of alkyl halides is 1. The van der Waals surface area contributed by atoms with Gasteiger partial charge < -0.3 is 0 Å². The quantitative estimate of drug-likeness (QED) is 0.297. The molecule has 116 valence electrons. The van der Waals surface area contributed by atoms with Crippen molar-refractivity contribution in [3.63, 3.8) is 0 Å². The Balaban J connectivity index is 3.10. The molecule has 0 heterocycles. The van der Waals surface area contributed by atoms with Crippen molar-refractivity contribution in [2.24, 2.45) is 5.92 Å². The first-order valence-corrected chi connectivity index (χ1v) is 8.86. The molecule has 19 heavy (non-hydrogen) atoms. The molecule has 0 N–H and O–H groups in total. The molecule has 1 heteroatoms. The van der Waals surface area contributed by atoms with E-state index in [2.05, 4.69) is 13.8 Å². The minimum atomic E-state index is -0.580. The molecule has 0 saturated heterocycles. The van der Waals surface area contributed by atoms with Crippen LogP contribution in [-0.4, -0.2) is 6.17 Å². The molecular formula is C18H37F. The average Bonchev–Trinajstić information content (AvgIpc) is 2.43. The molecule has 0 bridgehead atoms. The van der Waals surface area contributed by atoms with Gasteiger partial charge in [-0.1, -0.05) is 91.4 Å². The van der Waals surface area contributed by atoms with Gasteiger partial charge in [0, 0.05) is 0 Å². The number of hydrogen-bond acceptors (Lipinski definition) is 0. The summed E-state index contributed by atoms with van der Waals surface area (Å²) in [4.78, 5) is 0. The minimum Gasteiger partial charge on any atom is -0.247 e. The molecular weight excluding hydrogens is 235 g/mol. The fourth-order valence-corrected chi connectivity index (χ4v) is 2.71. The van der Waals surface area contributed by atoms with E-state index >= 15 is 0 Å². The monoisotopic (exact) mass is 272 g/mol. The molecule has 0 aliphatic rings. The van der Waals surface area contributed by atoms with Crippen LogP contribution in [0.4, 0.5) is 4.39 Å². The molecule has 0 aliphatic heterocycles. The lowest BCUT2D eigenvalue weighted by Crippen LogP contribution is -2.10. The van der Waals surface area contributed by atoms with Crippen molar-refractivity contribution in [3.05, 3.63) is 0 Å². The van der Waals surface area contributed by atoms with Gasteiger partial charge in [0.05, 0.1) is 0 Å². The van der Waals surface area contributed by atoms with Crippen LogP contribution in [0.15, 0.2) is 0 Å². The maximum absolute atomic E-state index is 13.3. The fourth-order valence-electron chi connectivity index (χ4n) is 2.71. The second-order valence-corrected chi connectivity index (χ2v) is 6.23. The van der Waals surface area contributed by atoms with E-state index < -0.39 is 6.17 Å². The SMILES string of the molecule is CCCCCCCCCCCCCC(C)C(F)CC.